The first kappa shape index (κ1) is 13.9. The van der Waals surface area contributed by atoms with E-state index in [1.165, 1.54) is 19.8 Å². The van der Waals surface area contributed by atoms with Crippen LogP contribution in [0.1, 0.15) is 38.2 Å². The lowest BCUT2D eigenvalue weighted by Crippen LogP contribution is -2.33. The maximum absolute atomic E-state index is 11.4. The van der Waals surface area contributed by atoms with Gasteiger partial charge in [0.05, 0.1) is 12.8 Å². The van der Waals surface area contributed by atoms with Gasteiger partial charge in [-0.05, 0) is 24.5 Å². The summed E-state index contributed by atoms with van der Waals surface area (Å²) in [6.45, 7) is 2.12. The zero-order chi connectivity index (χ0) is 13.9. The van der Waals surface area contributed by atoms with Crippen molar-refractivity contribution in [3.8, 4) is 5.75 Å². The number of rotatable bonds is 4. The molecule has 1 aromatic carbocycles. The Morgan fingerprint density at radius 2 is 2.11 bits per heavy atom. The lowest BCUT2D eigenvalue weighted by Gasteiger charge is -2.30. The average Bonchev–Trinajstić information content (AvgIpc) is 2.88. The summed E-state index contributed by atoms with van der Waals surface area (Å²) >= 11 is 0. The van der Waals surface area contributed by atoms with Crippen molar-refractivity contribution >= 4 is 11.6 Å². The van der Waals surface area contributed by atoms with Crippen molar-refractivity contribution in [1.82, 2.24) is 0 Å². The molecule has 0 heterocycles. The molecular weight excluding hydrogens is 240 g/mol. The van der Waals surface area contributed by atoms with Crippen LogP contribution < -0.4 is 15.8 Å². The van der Waals surface area contributed by atoms with Crippen molar-refractivity contribution in [2.24, 2.45) is 5.73 Å². The van der Waals surface area contributed by atoms with Gasteiger partial charge in [-0.15, -0.1) is 0 Å². The number of carbonyl (C=O) groups is 1. The van der Waals surface area contributed by atoms with Crippen LogP contribution in [0.15, 0.2) is 18.2 Å². The summed E-state index contributed by atoms with van der Waals surface area (Å²) in [6.07, 6.45) is 4.52. The second-order valence-electron chi connectivity index (χ2n) is 5.26. The molecule has 3 N–H and O–H groups in total. The number of nitrogens with two attached hydrogens (primary N) is 1. The van der Waals surface area contributed by atoms with Gasteiger partial charge in [-0.1, -0.05) is 25.0 Å². The van der Waals surface area contributed by atoms with Crippen LogP contribution in [0.2, 0.25) is 0 Å². The fourth-order valence-corrected chi connectivity index (χ4v) is 3.08. The average molecular weight is 262 g/mol. The Kier molecular flexibility index (Phi) is 4.10. The SMILES string of the molecule is COc1cccc(C2(CN)CCCC2)c1NC(C)=O. The minimum atomic E-state index is -0.0871. The van der Waals surface area contributed by atoms with Gasteiger partial charge in [0.1, 0.15) is 5.75 Å². The highest BCUT2D eigenvalue weighted by atomic mass is 16.5. The Hall–Kier alpha value is -1.55. The molecule has 1 aliphatic carbocycles. The van der Waals surface area contributed by atoms with Gasteiger partial charge in [0.25, 0.3) is 0 Å². The number of hydrogen-bond donors (Lipinski definition) is 2. The number of benzene rings is 1. The van der Waals surface area contributed by atoms with Gasteiger partial charge in [0, 0.05) is 18.9 Å². The molecule has 1 fully saturated rings. The van der Waals surface area contributed by atoms with Gasteiger partial charge < -0.3 is 15.8 Å². The fourth-order valence-electron chi connectivity index (χ4n) is 3.08. The highest BCUT2D eigenvalue weighted by Crippen LogP contribution is 2.45. The van der Waals surface area contributed by atoms with Crippen molar-refractivity contribution < 1.29 is 9.53 Å². The monoisotopic (exact) mass is 262 g/mol. The molecule has 0 saturated heterocycles. The predicted molar refractivity (Wildman–Crippen MR) is 76.5 cm³/mol. The number of anilines is 1. The predicted octanol–water partition coefficient (Wildman–Crippen LogP) is 2.42. The second-order valence-corrected chi connectivity index (χ2v) is 5.26. The van der Waals surface area contributed by atoms with E-state index in [4.69, 9.17) is 10.5 Å². The van der Waals surface area contributed by atoms with Gasteiger partial charge in [-0.25, -0.2) is 0 Å². The van der Waals surface area contributed by atoms with E-state index in [9.17, 15) is 4.79 Å². The summed E-state index contributed by atoms with van der Waals surface area (Å²) in [7, 11) is 1.62. The highest BCUT2D eigenvalue weighted by Gasteiger charge is 2.37. The Morgan fingerprint density at radius 3 is 2.63 bits per heavy atom. The normalized spacial score (nSPS) is 17.2. The minimum absolute atomic E-state index is 0.0215. The highest BCUT2D eigenvalue weighted by molar-refractivity contribution is 5.91. The summed E-state index contributed by atoms with van der Waals surface area (Å²) in [5.74, 6) is 0.614. The molecule has 1 aromatic rings. The van der Waals surface area contributed by atoms with E-state index < -0.39 is 0 Å². The molecule has 0 spiro atoms. The minimum Gasteiger partial charge on any atom is -0.495 e. The van der Waals surface area contributed by atoms with E-state index in [2.05, 4.69) is 11.4 Å². The fraction of sp³-hybridized carbons (Fsp3) is 0.533. The lowest BCUT2D eigenvalue weighted by atomic mass is 9.78. The Bertz CT molecular complexity index is 465. The van der Waals surface area contributed by atoms with Crippen molar-refractivity contribution in [2.45, 2.75) is 38.0 Å². The molecule has 4 nitrogen and oxygen atoms in total. The first-order chi connectivity index (χ1) is 9.13. The molecule has 0 aliphatic heterocycles. The van der Waals surface area contributed by atoms with Crippen LogP contribution in [0.25, 0.3) is 0 Å². The van der Waals surface area contributed by atoms with E-state index in [-0.39, 0.29) is 11.3 Å². The van der Waals surface area contributed by atoms with Crippen LogP contribution in [-0.2, 0) is 10.2 Å². The van der Waals surface area contributed by atoms with Crippen LogP contribution in [-0.4, -0.2) is 19.6 Å². The molecule has 104 valence electrons. The van der Waals surface area contributed by atoms with Crippen LogP contribution in [0.3, 0.4) is 0 Å². The summed E-state index contributed by atoms with van der Waals surface area (Å²) in [5, 5.41) is 2.91. The third kappa shape index (κ3) is 2.59. The van der Waals surface area contributed by atoms with Crippen molar-refractivity contribution in [1.29, 1.82) is 0 Å². The number of hydrogen-bond acceptors (Lipinski definition) is 3. The molecule has 1 amide bonds. The van der Waals surface area contributed by atoms with Gasteiger partial charge in [-0.2, -0.15) is 0 Å². The molecule has 4 heteroatoms. The van der Waals surface area contributed by atoms with Gasteiger partial charge in [-0.3, -0.25) is 4.79 Å². The van der Waals surface area contributed by atoms with E-state index in [1.807, 2.05) is 12.1 Å². The van der Waals surface area contributed by atoms with Crippen LogP contribution >= 0.6 is 0 Å². The summed E-state index contributed by atoms with van der Waals surface area (Å²) < 4.78 is 5.38. The third-order valence-corrected chi connectivity index (χ3v) is 4.07. The Morgan fingerprint density at radius 1 is 1.42 bits per heavy atom. The first-order valence-corrected chi connectivity index (χ1v) is 6.78. The van der Waals surface area contributed by atoms with Gasteiger partial charge >= 0.3 is 0 Å². The number of para-hydroxylation sites is 1. The van der Waals surface area contributed by atoms with Gasteiger partial charge in [0.15, 0.2) is 0 Å². The smallest absolute Gasteiger partial charge is 0.221 e. The molecular formula is C15H22N2O2. The zero-order valence-corrected chi connectivity index (χ0v) is 11.7. The maximum atomic E-state index is 11.4. The third-order valence-electron chi connectivity index (χ3n) is 4.07. The number of ether oxygens (including phenoxy) is 1. The quantitative estimate of drug-likeness (QED) is 0.876. The topological polar surface area (TPSA) is 64.3 Å². The van der Waals surface area contributed by atoms with E-state index in [0.29, 0.717) is 12.3 Å². The zero-order valence-electron chi connectivity index (χ0n) is 11.7. The largest absolute Gasteiger partial charge is 0.495 e. The van der Waals surface area contributed by atoms with Crippen molar-refractivity contribution in [3.63, 3.8) is 0 Å². The molecule has 0 bridgehead atoms. The maximum Gasteiger partial charge on any atom is 0.221 e. The summed E-state index contributed by atoms with van der Waals surface area (Å²) in [6, 6.07) is 5.90. The molecule has 0 radical (unpaired) electrons. The standard InChI is InChI=1S/C15H22N2O2/c1-11(18)17-14-12(6-5-7-13(14)19-2)15(10-16)8-3-4-9-15/h5-7H,3-4,8-10,16H2,1-2H3,(H,17,18). The Balaban J connectivity index is 2.51. The summed E-state index contributed by atoms with van der Waals surface area (Å²) in [5.41, 5.74) is 7.91. The molecule has 0 aromatic heterocycles. The van der Waals surface area contributed by atoms with E-state index in [1.54, 1.807) is 7.11 Å². The number of amides is 1. The molecule has 1 aliphatic rings. The number of nitrogens with one attached hydrogen (secondary N) is 1. The Labute approximate surface area is 114 Å². The van der Waals surface area contributed by atoms with E-state index in [0.717, 1.165) is 24.1 Å². The molecule has 0 unspecified atom stereocenters. The molecule has 0 atom stereocenters. The molecule has 1 saturated carbocycles. The van der Waals surface area contributed by atoms with E-state index >= 15 is 0 Å². The molecule has 2 rings (SSSR count). The number of carbonyl (C=O) groups excluding carboxylic acids is 1. The summed E-state index contributed by atoms with van der Waals surface area (Å²) in [4.78, 5) is 11.4. The first-order valence-electron chi connectivity index (χ1n) is 6.78. The van der Waals surface area contributed by atoms with Gasteiger partial charge in [0.2, 0.25) is 5.91 Å². The van der Waals surface area contributed by atoms with Crippen molar-refractivity contribution in [2.75, 3.05) is 19.0 Å². The van der Waals surface area contributed by atoms with Crippen LogP contribution in [0, 0.1) is 0 Å². The van der Waals surface area contributed by atoms with Crippen LogP contribution in [0.4, 0.5) is 5.69 Å². The number of methoxy groups -OCH3 is 1. The lowest BCUT2D eigenvalue weighted by molar-refractivity contribution is -0.114. The second kappa shape index (κ2) is 5.61. The molecule has 19 heavy (non-hydrogen) atoms. The van der Waals surface area contributed by atoms with Crippen molar-refractivity contribution in [3.05, 3.63) is 23.8 Å². The van der Waals surface area contributed by atoms with Crippen LogP contribution in [0.5, 0.6) is 5.75 Å².